The van der Waals surface area contributed by atoms with Crippen LogP contribution >= 0.6 is 0 Å². The zero-order valence-corrected chi connectivity index (χ0v) is 11.7. The van der Waals surface area contributed by atoms with Gasteiger partial charge in [-0.25, -0.2) is 0 Å². The average Bonchev–Trinajstić information content (AvgIpc) is 2.33. The number of rotatable bonds is 8. The van der Waals surface area contributed by atoms with Crippen LogP contribution < -0.4 is 5.73 Å². The maximum Gasteiger partial charge on any atom is 0.0786 e. The Kier molecular flexibility index (Phi) is 13.8. The Labute approximate surface area is 97.4 Å². The molecule has 0 heterocycles. The van der Waals surface area contributed by atoms with Crippen LogP contribution in [0.2, 0.25) is 0 Å². The van der Waals surface area contributed by atoms with Crippen molar-refractivity contribution in [1.82, 2.24) is 0 Å². The van der Waals surface area contributed by atoms with Crippen molar-refractivity contribution >= 4 is 0 Å². The normalized spacial score (nSPS) is 10.8. The maximum atomic E-state index is 4.50. The van der Waals surface area contributed by atoms with E-state index >= 15 is 0 Å². The summed E-state index contributed by atoms with van der Waals surface area (Å²) in [6, 6.07) is 0. The van der Waals surface area contributed by atoms with E-state index < -0.39 is 0 Å². The quantitative estimate of drug-likeness (QED) is 0.491. The van der Waals surface area contributed by atoms with Crippen LogP contribution in [0.4, 0.5) is 0 Å². The Morgan fingerprint density at radius 2 is 1.20 bits per heavy atom. The third-order valence-electron chi connectivity index (χ3n) is 3.50. The smallest absolute Gasteiger partial charge is 0.0786 e. The lowest BCUT2D eigenvalue weighted by Crippen LogP contribution is -2.48. The molecular formula is C13H33N2+. The van der Waals surface area contributed by atoms with E-state index in [1.807, 2.05) is 0 Å². The molecule has 0 aromatic heterocycles. The predicted molar refractivity (Wildman–Crippen MR) is 71.0 cm³/mol. The molecule has 0 saturated carbocycles. The minimum absolute atomic E-state index is 1.30. The number of nitrogens with zero attached hydrogens (tertiary/aromatic N) is 1. The second kappa shape index (κ2) is 12.0. The number of quaternary nitrogens is 1. The van der Waals surface area contributed by atoms with E-state index in [0.29, 0.717) is 0 Å². The van der Waals surface area contributed by atoms with Gasteiger partial charge in [0.1, 0.15) is 0 Å². The third-order valence-corrected chi connectivity index (χ3v) is 3.50. The Balaban J connectivity index is 0. The van der Waals surface area contributed by atoms with Crippen LogP contribution in [0, 0.1) is 0 Å². The molecule has 0 spiro atoms. The predicted octanol–water partition coefficient (Wildman–Crippen LogP) is 3.02. The molecule has 0 fully saturated rings. The van der Waals surface area contributed by atoms with Crippen LogP contribution in [0.15, 0.2) is 0 Å². The average molecular weight is 217 g/mol. The second-order valence-corrected chi connectivity index (χ2v) is 4.07. The molecule has 2 N–H and O–H groups in total. The highest BCUT2D eigenvalue weighted by atomic mass is 15.3. The summed E-state index contributed by atoms with van der Waals surface area (Å²) < 4.78 is 1.32. The Morgan fingerprint density at radius 1 is 0.733 bits per heavy atom. The lowest BCUT2D eigenvalue weighted by Gasteiger charge is -2.35. The van der Waals surface area contributed by atoms with Gasteiger partial charge in [0.05, 0.1) is 26.2 Å². The highest BCUT2D eigenvalue weighted by Crippen LogP contribution is 2.10. The van der Waals surface area contributed by atoms with Crippen molar-refractivity contribution in [1.29, 1.82) is 0 Å². The van der Waals surface area contributed by atoms with Crippen molar-refractivity contribution in [2.45, 2.75) is 53.4 Å². The van der Waals surface area contributed by atoms with Gasteiger partial charge in [0.2, 0.25) is 0 Å². The lowest BCUT2D eigenvalue weighted by atomic mass is 10.2. The topological polar surface area (TPSA) is 26.0 Å². The van der Waals surface area contributed by atoms with E-state index in [9.17, 15) is 0 Å². The fourth-order valence-corrected chi connectivity index (χ4v) is 2.02. The molecule has 0 aliphatic rings. The summed E-state index contributed by atoms with van der Waals surface area (Å²) in [5, 5.41) is 0. The van der Waals surface area contributed by atoms with E-state index in [1.165, 1.54) is 63.4 Å². The first-order valence-electron chi connectivity index (χ1n) is 6.67. The van der Waals surface area contributed by atoms with Gasteiger partial charge in [-0.05, 0) is 40.7 Å². The fraction of sp³-hybridized carbons (Fsp3) is 1.00. The van der Waals surface area contributed by atoms with Gasteiger partial charge in [-0.15, -0.1) is 0 Å². The van der Waals surface area contributed by atoms with Gasteiger partial charge in [-0.3, -0.25) is 0 Å². The van der Waals surface area contributed by atoms with Crippen molar-refractivity contribution in [2.75, 3.05) is 33.2 Å². The molecule has 0 bridgehead atoms. The van der Waals surface area contributed by atoms with Crippen molar-refractivity contribution in [3.05, 3.63) is 0 Å². The van der Waals surface area contributed by atoms with Crippen LogP contribution in [-0.4, -0.2) is 37.7 Å². The molecule has 0 amide bonds. The number of unbranched alkanes of at least 4 members (excludes halogenated alkanes) is 3. The zero-order valence-electron chi connectivity index (χ0n) is 11.7. The molecule has 0 atom stereocenters. The molecule has 0 unspecified atom stereocenters. The van der Waals surface area contributed by atoms with Crippen LogP contribution in [-0.2, 0) is 0 Å². The van der Waals surface area contributed by atoms with Gasteiger partial charge in [0.15, 0.2) is 0 Å². The molecule has 2 nitrogen and oxygen atoms in total. The molecular weight excluding hydrogens is 184 g/mol. The summed E-state index contributed by atoms with van der Waals surface area (Å²) in [7, 11) is 1.50. The fourth-order valence-electron chi connectivity index (χ4n) is 2.02. The molecule has 2 heteroatoms. The summed E-state index contributed by atoms with van der Waals surface area (Å²) >= 11 is 0. The summed E-state index contributed by atoms with van der Waals surface area (Å²) in [4.78, 5) is 0. The van der Waals surface area contributed by atoms with Crippen molar-refractivity contribution in [3.8, 4) is 0 Å². The third kappa shape index (κ3) is 7.80. The molecule has 0 aromatic carbocycles. The number of nitrogens with two attached hydrogens (primary N) is 1. The van der Waals surface area contributed by atoms with Crippen LogP contribution in [0.5, 0.6) is 0 Å². The van der Waals surface area contributed by atoms with E-state index in [-0.39, 0.29) is 0 Å². The lowest BCUT2D eigenvalue weighted by molar-refractivity contribution is -0.923. The van der Waals surface area contributed by atoms with E-state index in [2.05, 4.69) is 33.4 Å². The first kappa shape index (κ1) is 17.3. The Morgan fingerprint density at radius 3 is 1.53 bits per heavy atom. The molecule has 0 aliphatic heterocycles. The molecule has 94 valence electrons. The van der Waals surface area contributed by atoms with Gasteiger partial charge in [0, 0.05) is 0 Å². The van der Waals surface area contributed by atoms with Crippen molar-refractivity contribution in [2.24, 2.45) is 5.73 Å². The second-order valence-electron chi connectivity index (χ2n) is 4.07. The van der Waals surface area contributed by atoms with Gasteiger partial charge in [-0.2, -0.15) is 0 Å². The summed E-state index contributed by atoms with van der Waals surface area (Å²) in [6.07, 6.45) is 5.61. The molecule has 0 saturated heterocycles. The minimum atomic E-state index is 1.30. The highest BCUT2D eigenvalue weighted by Gasteiger charge is 2.19. The summed E-state index contributed by atoms with van der Waals surface area (Å²) in [5.74, 6) is 0. The summed E-state index contributed by atoms with van der Waals surface area (Å²) in [5.41, 5.74) is 4.50. The molecule has 0 aromatic rings. The van der Waals surface area contributed by atoms with Crippen LogP contribution in [0.3, 0.4) is 0 Å². The maximum absolute atomic E-state index is 4.50. The van der Waals surface area contributed by atoms with E-state index in [0.717, 1.165) is 0 Å². The Hall–Kier alpha value is -0.0800. The molecule has 0 aliphatic carbocycles. The van der Waals surface area contributed by atoms with Crippen LogP contribution in [0.25, 0.3) is 0 Å². The molecule has 0 rings (SSSR count). The van der Waals surface area contributed by atoms with Gasteiger partial charge in [0.25, 0.3) is 0 Å². The van der Waals surface area contributed by atoms with Gasteiger partial charge >= 0.3 is 0 Å². The number of hydrogen-bond donors (Lipinski definition) is 1. The van der Waals surface area contributed by atoms with E-state index in [1.54, 1.807) is 0 Å². The first-order chi connectivity index (χ1) is 7.24. The monoisotopic (exact) mass is 217 g/mol. The van der Waals surface area contributed by atoms with Crippen molar-refractivity contribution < 1.29 is 4.48 Å². The van der Waals surface area contributed by atoms with Crippen molar-refractivity contribution in [3.63, 3.8) is 0 Å². The van der Waals surface area contributed by atoms with Gasteiger partial charge < -0.3 is 10.2 Å². The molecule has 15 heavy (non-hydrogen) atoms. The SMILES string of the molecule is CCCCCC[N+](CC)(CC)CC.CN. The highest BCUT2D eigenvalue weighted by molar-refractivity contribution is 4.43. The van der Waals surface area contributed by atoms with Gasteiger partial charge in [-0.1, -0.05) is 19.8 Å². The largest absolute Gasteiger partial charge is 0.333 e. The van der Waals surface area contributed by atoms with E-state index in [4.69, 9.17) is 0 Å². The summed E-state index contributed by atoms with van der Waals surface area (Å²) in [6.45, 7) is 14.6. The first-order valence-corrected chi connectivity index (χ1v) is 6.67. The Bertz CT molecular complexity index is 101. The number of hydrogen-bond acceptors (Lipinski definition) is 1. The zero-order chi connectivity index (χ0) is 12.2. The molecule has 0 radical (unpaired) electrons. The standard InChI is InChI=1S/C12H28N.CH5N/c1-5-9-10-11-12-13(6-2,7-3)8-4;1-2/h5-12H2,1-4H3;2H2,1H3/q+1;. The minimum Gasteiger partial charge on any atom is -0.333 e. The van der Waals surface area contributed by atoms with Crippen LogP contribution in [0.1, 0.15) is 53.4 Å².